The molecule has 6 N–H and O–H groups in total. The second-order valence-corrected chi connectivity index (χ2v) is 36.3. The first-order valence-electron chi connectivity index (χ1n) is 52.5. The summed E-state index contributed by atoms with van der Waals surface area (Å²) in [5.74, 6) is 5.22. The Kier molecular flexibility index (Phi) is 47.1. The SMILES string of the molecule is CCN(CC)CCOc1ccc(/C(=C(/C)c2ccc(O)cc2)c2ccccc2)cc1.CCN(CC)CCOc1ccc(/C(=C(/C)c2ccccc2)c2ccc(O)cc2)cc1.CCN(CC)CCOc1ccc(/C(=C(/C)c2ccccc2)c2cccc(O)c2)cc1.CCN(CC)CCOc1ccc(C(c2ccc(O)c(O)c2)C(C)c2ccccc2)cc1.CCNCCOc1ccc(/C(=C(/C)c2ccccc2)c2ccccc2)cc1. The molecule has 0 fully saturated rings. The van der Waals surface area contributed by atoms with Gasteiger partial charge < -0.3 is 74.1 Å². The molecule has 15 rings (SSSR count). The van der Waals surface area contributed by atoms with Crippen LogP contribution in [0.4, 0.5) is 0 Å². The van der Waals surface area contributed by atoms with Crippen molar-refractivity contribution < 1.29 is 49.2 Å². The number of phenolic OH excluding ortho intramolecular Hbond substituents is 5. The summed E-state index contributed by atoms with van der Waals surface area (Å²) in [4.78, 5) is 9.39. The zero-order valence-electron chi connectivity index (χ0n) is 89.2. The zero-order valence-corrected chi connectivity index (χ0v) is 89.2. The molecule has 0 aliphatic carbocycles. The van der Waals surface area contributed by atoms with Crippen molar-refractivity contribution in [2.45, 2.75) is 109 Å². The van der Waals surface area contributed by atoms with Crippen molar-refractivity contribution in [3.05, 3.63) is 478 Å². The van der Waals surface area contributed by atoms with Gasteiger partial charge in [0.1, 0.15) is 79.0 Å². The van der Waals surface area contributed by atoms with E-state index in [2.05, 4.69) is 328 Å². The normalized spacial score (nSPS) is 12.2. The minimum atomic E-state index is -0.105. The van der Waals surface area contributed by atoms with Crippen LogP contribution in [0.15, 0.2) is 394 Å². The van der Waals surface area contributed by atoms with Crippen LogP contribution in [-0.2, 0) is 0 Å². The molecule has 0 aliphatic heterocycles. The number of benzene rings is 15. The van der Waals surface area contributed by atoms with Gasteiger partial charge in [-0.2, -0.15) is 0 Å². The van der Waals surface area contributed by atoms with Crippen molar-refractivity contribution in [3.8, 4) is 57.5 Å². The third-order valence-corrected chi connectivity index (χ3v) is 26.9. The van der Waals surface area contributed by atoms with E-state index in [9.17, 15) is 25.5 Å². The summed E-state index contributed by atoms with van der Waals surface area (Å²) in [6.07, 6.45) is 0. The lowest BCUT2D eigenvalue weighted by molar-refractivity contribution is 0.222. The molecule has 0 aliphatic rings. The first-order valence-corrected chi connectivity index (χ1v) is 52.5. The van der Waals surface area contributed by atoms with Gasteiger partial charge in [0, 0.05) is 38.6 Å². The smallest absolute Gasteiger partial charge is 0.157 e. The van der Waals surface area contributed by atoms with Gasteiger partial charge in [0.25, 0.3) is 0 Å². The lowest BCUT2D eigenvalue weighted by Gasteiger charge is -2.26. The number of hydrogen-bond acceptors (Lipinski definition) is 15. The molecule has 770 valence electrons. The largest absolute Gasteiger partial charge is 0.508 e. The van der Waals surface area contributed by atoms with E-state index in [4.69, 9.17) is 23.7 Å². The van der Waals surface area contributed by atoms with Gasteiger partial charge in [0.2, 0.25) is 0 Å². The molecule has 0 radical (unpaired) electrons. The van der Waals surface area contributed by atoms with Crippen molar-refractivity contribution in [1.29, 1.82) is 0 Å². The van der Waals surface area contributed by atoms with Crippen LogP contribution in [0.2, 0.25) is 0 Å². The highest BCUT2D eigenvalue weighted by Gasteiger charge is 2.26. The quantitative estimate of drug-likeness (QED) is 0.0121. The average Bonchev–Trinajstić information content (AvgIpc) is 0.807. The molecule has 2 unspecified atom stereocenters. The number of likely N-dealkylation sites (N-methyl/N-ethyl adjacent to an activating group) is 5. The molecule has 15 aromatic carbocycles. The lowest BCUT2D eigenvalue weighted by atomic mass is 9.78. The molecule has 0 spiro atoms. The summed E-state index contributed by atoms with van der Waals surface area (Å²) in [6, 6.07) is 131. The molecule has 0 saturated heterocycles. The molecule has 0 bridgehead atoms. The molecule has 0 aromatic heterocycles. The Morgan fingerprint density at radius 3 is 0.777 bits per heavy atom. The van der Waals surface area contributed by atoms with Crippen LogP contribution in [0.3, 0.4) is 0 Å². The van der Waals surface area contributed by atoms with E-state index in [0.717, 1.165) is 193 Å². The highest BCUT2D eigenvalue weighted by Crippen LogP contribution is 2.44. The number of nitrogens with one attached hydrogen (secondary N) is 1. The van der Waals surface area contributed by atoms with Crippen molar-refractivity contribution in [2.24, 2.45) is 0 Å². The maximum atomic E-state index is 10.1. The summed E-state index contributed by atoms with van der Waals surface area (Å²) >= 11 is 0. The van der Waals surface area contributed by atoms with Crippen LogP contribution in [0.25, 0.3) is 44.6 Å². The molecular formula is C133H153N5O10. The fraction of sp³-hybridized carbons (Fsp3) is 0.263. The second-order valence-electron chi connectivity index (χ2n) is 36.3. The molecule has 15 heteroatoms. The Hall–Kier alpha value is -14.9. The van der Waals surface area contributed by atoms with E-state index < -0.39 is 0 Å². The van der Waals surface area contributed by atoms with Crippen LogP contribution in [0.1, 0.15) is 192 Å². The molecule has 15 aromatic rings. The standard InChI is InChI=1S/C27H33NO3.3C27H31NO2.C25H27NO/c1-4-28(5-2)17-18-31-24-14-11-22(12-15-24)27(20(3)21-9-7-6-8-10-21)23-13-16-25(29)26(30)19-23;1-4-28(5-2)18-19-30-26-16-14-23(15-17-26)27(24-12-9-13-25(29)20-24)21(3)22-10-7-6-8-11-22;1-4-28(5-2)19-20-30-26-17-13-24(14-18-26)27(23-9-7-6-8-10-23)21(3)22-11-15-25(29)16-12-22;1-4-28(5-2)19-20-30-26-17-13-24(14-18-26)27(23-11-15-25(29)16-12-23)21(3)22-9-7-6-8-10-22;1-3-26-18-19-27-24-16-14-23(15-17-24)25(22-12-8-5-9-13-22)20(2)21-10-6-4-7-11-21/h6-16,19-20,27,29-30H,4-5,17-18H2,1-3H3;6-17,20,29H,4-5,18-19H2,1-3H3;2*6-18,29H,4-5,19-20H2,1-3H3;4-17,26H,3,18-19H2,1-2H3/b;27-21+;2*27-21-;25-20-. The highest BCUT2D eigenvalue weighted by atomic mass is 16.5. The van der Waals surface area contributed by atoms with E-state index >= 15 is 0 Å². The van der Waals surface area contributed by atoms with E-state index in [-0.39, 0.29) is 40.6 Å². The van der Waals surface area contributed by atoms with Crippen LogP contribution in [-0.4, -0.2) is 170 Å². The minimum absolute atomic E-state index is 0.0265. The van der Waals surface area contributed by atoms with Gasteiger partial charge in [-0.25, -0.2) is 0 Å². The molecule has 0 heterocycles. The highest BCUT2D eigenvalue weighted by molar-refractivity contribution is 6.01. The van der Waals surface area contributed by atoms with Crippen molar-refractivity contribution in [1.82, 2.24) is 24.9 Å². The molecule has 0 saturated carbocycles. The Balaban J connectivity index is 0.000000176. The predicted molar refractivity (Wildman–Crippen MR) is 619 cm³/mol. The van der Waals surface area contributed by atoms with Gasteiger partial charge in [-0.3, -0.25) is 0 Å². The molecule has 15 nitrogen and oxygen atoms in total. The maximum Gasteiger partial charge on any atom is 0.157 e. The van der Waals surface area contributed by atoms with Gasteiger partial charge in [0.15, 0.2) is 11.5 Å². The van der Waals surface area contributed by atoms with E-state index in [1.54, 1.807) is 42.5 Å². The maximum absolute atomic E-state index is 10.1. The van der Waals surface area contributed by atoms with Crippen molar-refractivity contribution in [3.63, 3.8) is 0 Å². The molecular weight excluding hydrogens is 1830 g/mol. The fourth-order valence-corrected chi connectivity index (χ4v) is 18.1. The number of ether oxygens (including phenoxy) is 5. The second kappa shape index (κ2) is 61.5. The minimum Gasteiger partial charge on any atom is -0.508 e. The Labute approximate surface area is 881 Å². The lowest BCUT2D eigenvalue weighted by Crippen LogP contribution is -2.27. The Bertz CT molecular complexity index is 6480. The van der Waals surface area contributed by atoms with Crippen molar-refractivity contribution >= 4 is 44.6 Å². The Morgan fingerprint density at radius 1 is 0.230 bits per heavy atom. The topological polar surface area (TPSA) is 172 Å². The first kappa shape index (κ1) is 113. The van der Waals surface area contributed by atoms with Gasteiger partial charge in [-0.1, -0.05) is 354 Å². The predicted octanol–water partition coefficient (Wildman–Crippen LogP) is 29.7. The van der Waals surface area contributed by atoms with Crippen LogP contribution < -0.4 is 29.0 Å². The van der Waals surface area contributed by atoms with Crippen molar-refractivity contribution in [2.75, 3.05) is 125 Å². The Morgan fingerprint density at radius 2 is 0.480 bits per heavy atom. The number of allylic oxidation sites excluding steroid dienone is 4. The summed E-state index contributed by atoms with van der Waals surface area (Å²) in [6.45, 7) is 47.4. The average molecular weight is 1980 g/mol. The fourth-order valence-electron chi connectivity index (χ4n) is 18.1. The summed E-state index contributed by atoms with van der Waals surface area (Å²) in [5, 5.41) is 52.6. The number of phenols is 5. The summed E-state index contributed by atoms with van der Waals surface area (Å²) in [7, 11) is 0. The number of hydrogen-bond donors (Lipinski definition) is 6. The van der Waals surface area contributed by atoms with Crippen LogP contribution >= 0.6 is 0 Å². The first-order chi connectivity index (χ1) is 72.2. The molecule has 2 atom stereocenters. The van der Waals surface area contributed by atoms with Gasteiger partial charge in [-0.15, -0.1) is 0 Å². The van der Waals surface area contributed by atoms with Gasteiger partial charge in [-0.05, 0) is 330 Å². The van der Waals surface area contributed by atoms with E-state index in [1.807, 2.05) is 146 Å². The molecule has 0 amide bonds. The van der Waals surface area contributed by atoms with Crippen LogP contribution in [0, 0.1) is 0 Å². The number of aromatic hydroxyl groups is 5. The number of rotatable bonds is 45. The zero-order chi connectivity index (χ0) is 105. The van der Waals surface area contributed by atoms with E-state index in [1.165, 1.54) is 55.7 Å². The third kappa shape index (κ3) is 34.9. The third-order valence-electron chi connectivity index (χ3n) is 26.9. The monoisotopic (exact) mass is 1980 g/mol. The number of nitrogens with zero attached hydrogens (tertiary/aromatic N) is 4. The van der Waals surface area contributed by atoms with Crippen LogP contribution in [0.5, 0.6) is 57.5 Å². The van der Waals surface area contributed by atoms with Gasteiger partial charge >= 0.3 is 0 Å². The summed E-state index contributed by atoms with van der Waals surface area (Å²) < 4.78 is 29.6. The molecule has 148 heavy (non-hydrogen) atoms. The summed E-state index contributed by atoms with van der Waals surface area (Å²) in [5.41, 5.74) is 26.5. The van der Waals surface area contributed by atoms with Gasteiger partial charge in [0.05, 0.1) is 0 Å². The van der Waals surface area contributed by atoms with E-state index in [0.29, 0.717) is 33.0 Å².